The minimum Gasteiger partial charge on any atom is -0.411 e. The minimum atomic E-state index is -3.59. The van der Waals surface area contributed by atoms with Gasteiger partial charge in [0, 0.05) is 19.5 Å². The average molecular weight is 493 g/mol. The van der Waals surface area contributed by atoms with Crippen LogP contribution >= 0.6 is 15.9 Å². The molecule has 29 heavy (non-hydrogen) atoms. The van der Waals surface area contributed by atoms with Crippen LogP contribution in [0.1, 0.15) is 29.8 Å². The Bertz CT molecular complexity index is 995. The minimum absolute atomic E-state index is 0.0572. The first-order valence-corrected chi connectivity index (χ1v) is 11.3. The molecule has 1 atom stereocenters. The van der Waals surface area contributed by atoms with Gasteiger partial charge in [0.25, 0.3) is 0 Å². The second-order valence-electron chi connectivity index (χ2n) is 6.70. The quantitative estimate of drug-likeness (QED) is 0.327. The largest absolute Gasteiger partial charge is 0.411 e. The van der Waals surface area contributed by atoms with Crippen LogP contribution in [-0.2, 0) is 22.9 Å². The Kier molecular flexibility index (Phi) is 6.96. The molecule has 1 saturated heterocycles. The number of alkyl halides is 1. The molecular formula is C17H19BrF2N4O4S. The standard InChI is InChI=1S/C17H19BrF2N4O4S/c18-13-8-11(2-4-14(13)20)9-16(21-25)17-15(22-28-23-17)5-3-12(19)10-29(26,27)24-6-1-7-24/h2,4,8,12,25H,1,3,5-7,9-10H2/b21-16+. The molecule has 0 spiro atoms. The van der Waals surface area contributed by atoms with E-state index in [9.17, 15) is 22.4 Å². The lowest BCUT2D eigenvalue weighted by Crippen LogP contribution is -2.44. The SMILES string of the molecule is O=S(=O)(CC(F)CCc1nonc1/C(Cc1ccc(F)c(Br)c1)=N/O)N1CCC1. The van der Waals surface area contributed by atoms with E-state index in [1.165, 1.54) is 22.5 Å². The first-order chi connectivity index (χ1) is 13.8. The molecule has 0 saturated carbocycles. The highest BCUT2D eigenvalue weighted by Crippen LogP contribution is 2.20. The molecule has 1 aromatic heterocycles. The molecule has 1 aromatic carbocycles. The summed E-state index contributed by atoms with van der Waals surface area (Å²) in [5, 5.41) is 20.0. The first kappa shape index (κ1) is 21.8. The van der Waals surface area contributed by atoms with Gasteiger partial charge in [0.15, 0.2) is 5.69 Å². The zero-order valence-corrected chi connectivity index (χ0v) is 17.7. The van der Waals surface area contributed by atoms with E-state index in [-0.39, 0.29) is 40.8 Å². The van der Waals surface area contributed by atoms with E-state index in [2.05, 4.69) is 31.4 Å². The number of aryl methyl sites for hydroxylation is 1. The number of hydrogen-bond donors (Lipinski definition) is 1. The topological polar surface area (TPSA) is 109 Å². The molecule has 3 rings (SSSR count). The van der Waals surface area contributed by atoms with Crippen molar-refractivity contribution in [2.45, 2.75) is 31.9 Å². The molecule has 2 aromatic rings. The normalized spacial score (nSPS) is 16.6. The monoisotopic (exact) mass is 492 g/mol. The van der Waals surface area contributed by atoms with Gasteiger partial charge < -0.3 is 5.21 Å². The van der Waals surface area contributed by atoms with Crippen molar-refractivity contribution in [1.82, 2.24) is 14.6 Å². The highest BCUT2D eigenvalue weighted by Gasteiger charge is 2.30. The molecule has 0 aliphatic carbocycles. The van der Waals surface area contributed by atoms with Gasteiger partial charge in [0.2, 0.25) is 10.0 Å². The van der Waals surface area contributed by atoms with Crippen molar-refractivity contribution >= 4 is 31.7 Å². The van der Waals surface area contributed by atoms with Gasteiger partial charge in [-0.1, -0.05) is 16.4 Å². The zero-order valence-electron chi connectivity index (χ0n) is 15.3. The second kappa shape index (κ2) is 9.26. The van der Waals surface area contributed by atoms with Crippen LogP contribution in [0.15, 0.2) is 32.5 Å². The van der Waals surface area contributed by atoms with Crippen LogP contribution in [0, 0.1) is 5.82 Å². The first-order valence-electron chi connectivity index (χ1n) is 8.88. The number of hydrogen-bond acceptors (Lipinski definition) is 7. The summed E-state index contributed by atoms with van der Waals surface area (Å²) in [6.45, 7) is 0.866. The van der Waals surface area contributed by atoms with Crippen molar-refractivity contribution in [3.63, 3.8) is 0 Å². The van der Waals surface area contributed by atoms with Gasteiger partial charge in [0.05, 0.1) is 10.2 Å². The summed E-state index contributed by atoms with van der Waals surface area (Å²) < 4.78 is 57.9. The van der Waals surface area contributed by atoms with Gasteiger partial charge in [-0.3, -0.25) is 0 Å². The number of aromatic nitrogens is 2. The Morgan fingerprint density at radius 2 is 2.14 bits per heavy atom. The molecule has 0 amide bonds. The molecule has 1 aliphatic heterocycles. The molecule has 0 bridgehead atoms. The Morgan fingerprint density at radius 1 is 1.38 bits per heavy atom. The van der Waals surface area contributed by atoms with E-state index in [1.807, 2.05) is 0 Å². The van der Waals surface area contributed by atoms with E-state index in [0.29, 0.717) is 18.7 Å². The number of oxime groups is 1. The fourth-order valence-electron chi connectivity index (χ4n) is 2.88. The van der Waals surface area contributed by atoms with Gasteiger partial charge in [-0.05, 0) is 58.0 Å². The van der Waals surface area contributed by atoms with E-state index in [4.69, 9.17) is 4.63 Å². The molecule has 2 heterocycles. The smallest absolute Gasteiger partial charge is 0.216 e. The predicted molar refractivity (Wildman–Crippen MR) is 104 cm³/mol. The van der Waals surface area contributed by atoms with Gasteiger partial charge in [-0.2, -0.15) is 0 Å². The van der Waals surface area contributed by atoms with E-state index >= 15 is 0 Å². The average Bonchev–Trinajstić information content (AvgIpc) is 3.07. The molecule has 1 fully saturated rings. The number of sulfonamides is 1. The van der Waals surface area contributed by atoms with Gasteiger partial charge >= 0.3 is 0 Å². The third kappa shape index (κ3) is 5.37. The number of rotatable bonds is 9. The highest BCUT2D eigenvalue weighted by atomic mass is 79.9. The fraction of sp³-hybridized carbons (Fsp3) is 0.471. The van der Waals surface area contributed by atoms with Crippen LogP contribution in [0.4, 0.5) is 8.78 Å². The van der Waals surface area contributed by atoms with Crippen molar-refractivity contribution < 1.29 is 27.0 Å². The van der Waals surface area contributed by atoms with Crippen LogP contribution < -0.4 is 0 Å². The lowest BCUT2D eigenvalue weighted by atomic mass is 10.0. The molecule has 1 N–H and O–H groups in total. The van der Waals surface area contributed by atoms with Gasteiger partial charge in [0.1, 0.15) is 23.4 Å². The summed E-state index contributed by atoms with van der Waals surface area (Å²) in [7, 11) is -3.59. The number of benzene rings is 1. The summed E-state index contributed by atoms with van der Waals surface area (Å²) in [5.74, 6) is -1.01. The molecular weight excluding hydrogens is 474 g/mol. The summed E-state index contributed by atoms with van der Waals surface area (Å²) >= 11 is 3.09. The van der Waals surface area contributed by atoms with Crippen molar-refractivity contribution in [3.8, 4) is 0 Å². The second-order valence-corrected chi connectivity index (χ2v) is 9.57. The van der Waals surface area contributed by atoms with Crippen LogP contribution in [0.3, 0.4) is 0 Å². The third-order valence-electron chi connectivity index (χ3n) is 4.60. The Hall–Kier alpha value is -1.92. The predicted octanol–water partition coefficient (Wildman–Crippen LogP) is 2.70. The van der Waals surface area contributed by atoms with Crippen LogP contribution in [0.5, 0.6) is 0 Å². The molecule has 12 heteroatoms. The molecule has 8 nitrogen and oxygen atoms in total. The van der Waals surface area contributed by atoms with Crippen molar-refractivity contribution in [2.24, 2.45) is 5.16 Å². The summed E-state index contributed by atoms with van der Waals surface area (Å²) in [6, 6.07) is 4.32. The van der Waals surface area contributed by atoms with E-state index < -0.39 is 27.8 Å². The Labute approximate surface area is 174 Å². The number of nitrogens with zero attached hydrogens (tertiary/aromatic N) is 4. The summed E-state index contributed by atoms with van der Waals surface area (Å²) in [4.78, 5) is 0. The summed E-state index contributed by atoms with van der Waals surface area (Å²) in [6.07, 6.45) is -0.721. The highest BCUT2D eigenvalue weighted by molar-refractivity contribution is 9.10. The molecule has 0 radical (unpaired) electrons. The van der Waals surface area contributed by atoms with E-state index in [1.54, 1.807) is 0 Å². The zero-order chi connectivity index (χ0) is 21.0. The molecule has 1 aliphatic rings. The molecule has 158 valence electrons. The maximum absolute atomic E-state index is 14.3. The van der Waals surface area contributed by atoms with Crippen molar-refractivity contribution in [2.75, 3.05) is 18.8 Å². The van der Waals surface area contributed by atoms with Crippen molar-refractivity contribution in [1.29, 1.82) is 0 Å². The molecule has 1 unspecified atom stereocenters. The Morgan fingerprint density at radius 3 is 2.76 bits per heavy atom. The lowest BCUT2D eigenvalue weighted by molar-refractivity contribution is 0.289. The van der Waals surface area contributed by atoms with Gasteiger partial charge in [-0.15, -0.1) is 0 Å². The third-order valence-corrected chi connectivity index (χ3v) is 7.14. The van der Waals surface area contributed by atoms with Crippen LogP contribution in [0.25, 0.3) is 0 Å². The van der Waals surface area contributed by atoms with Crippen LogP contribution in [-0.4, -0.2) is 59.0 Å². The Balaban J connectivity index is 1.63. The summed E-state index contributed by atoms with van der Waals surface area (Å²) in [5.41, 5.74) is 1.15. The lowest BCUT2D eigenvalue weighted by Gasteiger charge is -2.30. The van der Waals surface area contributed by atoms with Crippen molar-refractivity contribution in [3.05, 3.63) is 45.4 Å². The van der Waals surface area contributed by atoms with Gasteiger partial charge in [-0.25, -0.2) is 26.1 Å². The van der Waals surface area contributed by atoms with Crippen LogP contribution in [0.2, 0.25) is 0 Å². The fourth-order valence-corrected chi connectivity index (χ4v) is 4.95. The van der Waals surface area contributed by atoms with E-state index in [0.717, 1.165) is 6.42 Å². The maximum Gasteiger partial charge on any atom is 0.216 e. The maximum atomic E-state index is 14.3. The number of halogens is 3.